The van der Waals surface area contributed by atoms with Gasteiger partial charge in [-0.2, -0.15) is 0 Å². The predicted octanol–water partition coefficient (Wildman–Crippen LogP) is 1.59. The predicted molar refractivity (Wildman–Crippen MR) is 57.3 cm³/mol. The summed E-state index contributed by atoms with van der Waals surface area (Å²) in [6.07, 6.45) is 1.14. The number of nitrogens with two attached hydrogens (primary N) is 1. The Morgan fingerprint density at radius 1 is 1.38 bits per heavy atom. The molecule has 0 spiro atoms. The van der Waals surface area contributed by atoms with Crippen molar-refractivity contribution in [3.05, 3.63) is 10.4 Å². The van der Waals surface area contributed by atoms with Crippen molar-refractivity contribution in [2.24, 2.45) is 0 Å². The number of thiophene rings is 1. The Morgan fingerprint density at radius 2 is 2.31 bits per heavy atom. The average molecular weight is 211 g/mol. The highest BCUT2D eigenvalue weighted by Gasteiger charge is 2.17. The first-order valence-electron chi connectivity index (χ1n) is 4.22. The Balaban J connectivity index is 2.30. The van der Waals surface area contributed by atoms with Crippen LogP contribution in [0.25, 0.3) is 9.53 Å². The smallest absolute Gasteiger partial charge is 0.181 e. The van der Waals surface area contributed by atoms with Gasteiger partial charge in [0.2, 0.25) is 0 Å². The minimum atomic E-state index is 0.689. The van der Waals surface area contributed by atoms with Crippen LogP contribution in [-0.4, -0.2) is 11.5 Å². The van der Waals surface area contributed by atoms with Crippen molar-refractivity contribution in [2.45, 2.75) is 13.0 Å². The van der Waals surface area contributed by atoms with Crippen LogP contribution in [0.1, 0.15) is 10.4 Å². The van der Waals surface area contributed by atoms with Crippen LogP contribution >= 0.6 is 22.7 Å². The highest BCUT2D eigenvalue weighted by Crippen LogP contribution is 2.37. The van der Waals surface area contributed by atoms with E-state index in [1.807, 2.05) is 0 Å². The second kappa shape index (κ2) is 2.67. The van der Waals surface area contributed by atoms with Gasteiger partial charge in [0.05, 0.1) is 4.70 Å². The van der Waals surface area contributed by atoms with Crippen LogP contribution < -0.4 is 11.1 Å². The lowest BCUT2D eigenvalue weighted by molar-refractivity contribution is 0.656. The van der Waals surface area contributed by atoms with E-state index in [1.165, 1.54) is 15.1 Å². The number of hydrogen-bond acceptors (Lipinski definition) is 5. The van der Waals surface area contributed by atoms with E-state index in [9.17, 15) is 0 Å². The quantitative estimate of drug-likeness (QED) is 0.695. The Bertz CT molecular complexity index is 457. The Morgan fingerprint density at radius 3 is 3.23 bits per heavy atom. The van der Waals surface area contributed by atoms with Gasteiger partial charge in [-0.25, -0.2) is 4.98 Å². The van der Waals surface area contributed by atoms with E-state index < -0.39 is 0 Å². The third-order valence-electron chi connectivity index (χ3n) is 2.27. The molecule has 2 aromatic heterocycles. The third kappa shape index (κ3) is 1.08. The van der Waals surface area contributed by atoms with Gasteiger partial charge in [-0.3, -0.25) is 0 Å². The van der Waals surface area contributed by atoms with Crippen LogP contribution in [-0.2, 0) is 13.0 Å². The van der Waals surface area contributed by atoms with Gasteiger partial charge in [0.1, 0.15) is 4.83 Å². The molecule has 2 aromatic rings. The lowest BCUT2D eigenvalue weighted by atomic mass is 10.1. The summed E-state index contributed by atoms with van der Waals surface area (Å²) in [6, 6.07) is 0. The van der Waals surface area contributed by atoms with Crippen molar-refractivity contribution in [3.63, 3.8) is 0 Å². The molecule has 0 aromatic carbocycles. The van der Waals surface area contributed by atoms with E-state index in [2.05, 4.69) is 10.3 Å². The number of rotatable bonds is 0. The maximum absolute atomic E-state index is 5.66. The van der Waals surface area contributed by atoms with E-state index in [-0.39, 0.29) is 0 Å². The summed E-state index contributed by atoms with van der Waals surface area (Å²) < 4.78 is 1.30. The molecule has 0 atom stereocenters. The van der Waals surface area contributed by atoms with Gasteiger partial charge >= 0.3 is 0 Å². The summed E-state index contributed by atoms with van der Waals surface area (Å²) in [5.41, 5.74) is 7.09. The van der Waals surface area contributed by atoms with Gasteiger partial charge in [-0.05, 0) is 12.0 Å². The third-order valence-corrected chi connectivity index (χ3v) is 4.53. The van der Waals surface area contributed by atoms with Gasteiger partial charge in [0, 0.05) is 18.0 Å². The van der Waals surface area contributed by atoms with Crippen LogP contribution in [0.3, 0.4) is 0 Å². The standard InChI is InChI=1S/C8H9N3S2/c9-8-11-7-6(13-8)4-3-10-2-1-5(4)12-7/h10H,1-3H2,(H2,9,11). The molecule has 0 unspecified atom stereocenters. The number of aromatic nitrogens is 1. The van der Waals surface area contributed by atoms with Crippen LogP contribution in [0.15, 0.2) is 0 Å². The number of nitrogens with zero attached hydrogens (tertiary/aromatic N) is 1. The van der Waals surface area contributed by atoms with Gasteiger partial charge in [-0.15, -0.1) is 11.3 Å². The molecule has 3 heterocycles. The molecule has 0 saturated heterocycles. The molecule has 13 heavy (non-hydrogen) atoms. The maximum Gasteiger partial charge on any atom is 0.181 e. The highest BCUT2D eigenvalue weighted by molar-refractivity contribution is 7.29. The second-order valence-corrected chi connectivity index (χ2v) is 5.23. The lowest BCUT2D eigenvalue weighted by Crippen LogP contribution is -2.21. The molecule has 3 nitrogen and oxygen atoms in total. The number of hydrogen-bond donors (Lipinski definition) is 2. The minimum Gasteiger partial charge on any atom is -0.375 e. The van der Waals surface area contributed by atoms with Gasteiger partial charge in [0.15, 0.2) is 5.13 Å². The Hall–Kier alpha value is -0.650. The summed E-state index contributed by atoms with van der Waals surface area (Å²) >= 11 is 3.41. The Kier molecular flexibility index (Phi) is 1.59. The Labute approximate surface area is 83.6 Å². The van der Waals surface area contributed by atoms with E-state index in [1.54, 1.807) is 22.7 Å². The van der Waals surface area contributed by atoms with Crippen molar-refractivity contribution < 1.29 is 0 Å². The lowest BCUT2D eigenvalue weighted by Gasteiger charge is -2.11. The summed E-state index contributed by atoms with van der Waals surface area (Å²) in [6.45, 7) is 2.08. The van der Waals surface area contributed by atoms with E-state index >= 15 is 0 Å². The summed E-state index contributed by atoms with van der Waals surface area (Å²) in [5, 5.41) is 4.06. The van der Waals surface area contributed by atoms with E-state index in [0.717, 1.165) is 24.3 Å². The highest BCUT2D eigenvalue weighted by atomic mass is 32.1. The number of anilines is 1. The van der Waals surface area contributed by atoms with Crippen LogP contribution in [0.2, 0.25) is 0 Å². The summed E-state index contributed by atoms with van der Waals surface area (Å²) in [5.74, 6) is 0. The molecule has 1 aliphatic heterocycles. The zero-order valence-electron chi connectivity index (χ0n) is 6.96. The van der Waals surface area contributed by atoms with Crippen molar-refractivity contribution in [2.75, 3.05) is 12.3 Å². The van der Waals surface area contributed by atoms with Crippen molar-refractivity contribution in [1.82, 2.24) is 10.3 Å². The normalized spacial score (nSPS) is 16.3. The molecular weight excluding hydrogens is 202 g/mol. The number of fused-ring (bicyclic) bond motifs is 3. The molecule has 5 heteroatoms. The molecule has 3 N–H and O–H groups in total. The largest absolute Gasteiger partial charge is 0.375 e. The first-order valence-corrected chi connectivity index (χ1v) is 5.85. The number of nitrogens with one attached hydrogen (secondary N) is 1. The maximum atomic E-state index is 5.66. The molecule has 1 aliphatic rings. The van der Waals surface area contributed by atoms with Gasteiger partial charge < -0.3 is 11.1 Å². The fraction of sp³-hybridized carbons (Fsp3) is 0.375. The molecule has 68 valence electrons. The molecule has 0 aliphatic carbocycles. The minimum absolute atomic E-state index is 0.689. The van der Waals surface area contributed by atoms with Crippen molar-refractivity contribution >= 4 is 37.3 Å². The molecule has 0 saturated carbocycles. The van der Waals surface area contributed by atoms with Crippen LogP contribution in [0.4, 0.5) is 5.13 Å². The zero-order valence-corrected chi connectivity index (χ0v) is 8.60. The van der Waals surface area contributed by atoms with Crippen LogP contribution in [0.5, 0.6) is 0 Å². The van der Waals surface area contributed by atoms with Gasteiger partial charge in [-0.1, -0.05) is 11.3 Å². The van der Waals surface area contributed by atoms with Crippen LogP contribution in [0, 0.1) is 0 Å². The van der Waals surface area contributed by atoms with E-state index in [0.29, 0.717) is 5.13 Å². The fourth-order valence-corrected chi connectivity index (χ4v) is 3.95. The molecular formula is C8H9N3S2. The zero-order chi connectivity index (χ0) is 8.84. The topological polar surface area (TPSA) is 50.9 Å². The molecule has 0 bridgehead atoms. The molecule has 0 fully saturated rings. The monoisotopic (exact) mass is 211 g/mol. The number of nitrogen functional groups attached to an aromatic ring is 1. The van der Waals surface area contributed by atoms with Gasteiger partial charge in [0.25, 0.3) is 0 Å². The SMILES string of the molecule is Nc1nc2sc3c(c2s1)CNCC3. The fourth-order valence-electron chi connectivity index (χ4n) is 1.68. The average Bonchev–Trinajstić information content (AvgIpc) is 2.60. The van der Waals surface area contributed by atoms with Crippen molar-refractivity contribution in [1.29, 1.82) is 0 Å². The number of thiazole rings is 1. The summed E-state index contributed by atoms with van der Waals surface area (Å²) in [4.78, 5) is 6.92. The summed E-state index contributed by atoms with van der Waals surface area (Å²) in [7, 11) is 0. The first kappa shape index (κ1) is 7.73. The molecule has 3 rings (SSSR count). The van der Waals surface area contributed by atoms with Crippen molar-refractivity contribution in [3.8, 4) is 0 Å². The molecule has 0 amide bonds. The molecule has 0 radical (unpaired) electrons. The van der Waals surface area contributed by atoms with E-state index in [4.69, 9.17) is 5.73 Å². The second-order valence-electron chi connectivity index (χ2n) is 3.12. The first-order chi connectivity index (χ1) is 6.34.